The van der Waals surface area contributed by atoms with Gasteiger partial charge in [-0.3, -0.25) is 4.79 Å². The zero-order chi connectivity index (χ0) is 18.5. The third kappa shape index (κ3) is 2.60. The van der Waals surface area contributed by atoms with Crippen LogP contribution in [0, 0.1) is 46.8 Å². The molecule has 7 atom stereocenters. The molecule has 0 radical (unpaired) electrons. The number of carbonyl (C=O) groups is 1. The van der Waals surface area contributed by atoms with Crippen LogP contribution in [0.1, 0.15) is 65.2 Å². The van der Waals surface area contributed by atoms with E-state index in [-0.39, 0.29) is 12.0 Å². The SMILES string of the molecule is C[C@@H]1CC2=CC(=O)CCC2C2CC[C@@]3(C)C(CC[C@@]3(O)C#CCCO)C21. The monoisotopic (exact) mass is 356 g/mol. The molecule has 4 rings (SSSR count). The summed E-state index contributed by atoms with van der Waals surface area (Å²) in [6, 6.07) is 0. The van der Waals surface area contributed by atoms with Crippen molar-refractivity contribution in [3.05, 3.63) is 11.6 Å². The first kappa shape index (κ1) is 18.3. The van der Waals surface area contributed by atoms with Crippen LogP contribution in [0.3, 0.4) is 0 Å². The first-order valence-corrected chi connectivity index (χ1v) is 10.5. The van der Waals surface area contributed by atoms with E-state index in [4.69, 9.17) is 5.11 Å². The molecule has 3 saturated carbocycles. The highest BCUT2D eigenvalue weighted by Crippen LogP contribution is 2.65. The fourth-order valence-corrected chi connectivity index (χ4v) is 7.08. The van der Waals surface area contributed by atoms with Crippen LogP contribution in [0.15, 0.2) is 11.6 Å². The molecule has 26 heavy (non-hydrogen) atoms. The zero-order valence-electron chi connectivity index (χ0n) is 16.1. The summed E-state index contributed by atoms with van der Waals surface area (Å²) in [6.45, 7) is 4.67. The molecule has 0 saturated heterocycles. The number of allylic oxidation sites excluding steroid dienone is 1. The van der Waals surface area contributed by atoms with Gasteiger partial charge in [-0.2, -0.15) is 0 Å². The molecule has 0 aromatic rings. The highest BCUT2D eigenvalue weighted by Gasteiger charge is 2.63. The predicted molar refractivity (Wildman–Crippen MR) is 101 cm³/mol. The van der Waals surface area contributed by atoms with Crippen molar-refractivity contribution in [2.75, 3.05) is 6.61 Å². The molecular formula is C23H32O3. The van der Waals surface area contributed by atoms with Gasteiger partial charge in [0.1, 0.15) is 5.60 Å². The molecule has 0 amide bonds. The molecule has 0 bridgehead atoms. The lowest BCUT2D eigenvalue weighted by atomic mass is 9.48. The van der Waals surface area contributed by atoms with Crippen LogP contribution in [-0.4, -0.2) is 28.2 Å². The van der Waals surface area contributed by atoms with Crippen LogP contribution in [0.2, 0.25) is 0 Å². The molecule has 0 aliphatic heterocycles. The second kappa shape index (κ2) is 6.50. The van der Waals surface area contributed by atoms with Crippen molar-refractivity contribution in [1.82, 2.24) is 0 Å². The molecule has 3 nitrogen and oxygen atoms in total. The van der Waals surface area contributed by atoms with Gasteiger partial charge >= 0.3 is 0 Å². The summed E-state index contributed by atoms with van der Waals surface area (Å²) < 4.78 is 0. The molecule has 4 unspecified atom stereocenters. The highest BCUT2D eigenvalue weighted by atomic mass is 16.3. The normalized spacial score (nSPS) is 47.2. The maximum Gasteiger partial charge on any atom is 0.155 e. The van der Waals surface area contributed by atoms with Gasteiger partial charge < -0.3 is 10.2 Å². The number of fused-ring (bicyclic) bond motifs is 5. The summed E-state index contributed by atoms with van der Waals surface area (Å²) in [5.74, 6) is 9.48. The van der Waals surface area contributed by atoms with E-state index >= 15 is 0 Å². The van der Waals surface area contributed by atoms with Gasteiger partial charge in [0.25, 0.3) is 0 Å². The van der Waals surface area contributed by atoms with E-state index in [1.165, 1.54) is 5.57 Å². The lowest BCUT2D eigenvalue weighted by Crippen LogP contribution is -2.54. The molecule has 142 valence electrons. The lowest BCUT2D eigenvalue weighted by molar-refractivity contribution is -0.117. The van der Waals surface area contributed by atoms with E-state index in [1.54, 1.807) is 0 Å². The molecule has 0 heterocycles. The Morgan fingerprint density at radius 3 is 2.85 bits per heavy atom. The van der Waals surface area contributed by atoms with Crippen molar-refractivity contribution in [2.24, 2.45) is 35.0 Å². The molecule has 4 aliphatic carbocycles. The number of ketones is 1. The van der Waals surface area contributed by atoms with Crippen LogP contribution >= 0.6 is 0 Å². The maximum atomic E-state index is 11.9. The zero-order valence-corrected chi connectivity index (χ0v) is 16.1. The van der Waals surface area contributed by atoms with Crippen LogP contribution in [-0.2, 0) is 4.79 Å². The maximum absolute atomic E-state index is 11.9. The number of aliphatic hydroxyl groups excluding tert-OH is 1. The van der Waals surface area contributed by atoms with Crippen LogP contribution in [0.4, 0.5) is 0 Å². The number of rotatable bonds is 1. The summed E-state index contributed by atoms with van der Waals surface area (Å²) in [5.41, 5.74) is 0.363. The highest BCUT2D eigenvalue weighted by molar-refractivity contribution is 5.91. The minimum absolute atomic E-state index is 0.0560. The summed E-state index contributed by atoms with van der Waals surface area (Å²) in [6.07, 6.45) is 9.17. The van der Waals surface area contributed by atoms with Crippen molar-refractivity contribution in [2.45, 2.75) is 70.8 Å². The van der Waals surface area contributed by atoms with Gasteiger partial charge in [0, 0.05) is 18.3 Å². The van der Waals surface area contributed by atoms with Gasteiger partial charge in [-0.25, -0.2) is 0 Å². The molecule has 0 spiro atoms. The van der Waals surface area contributed by atoms with Gasteiger partial charge in [0.05, 0.1) is 6.61 Å². The Bertz CT molecular complexity index is 683. The Hall–Kier alpha value is -1.11. The second-order valence-corrected chi connectivity index (χ2v) is 9.49. The van der Waals surface area contributed by atoms with E-state index in [9.17, 15) is 9.90 Å². The molecular weight excluding hydrogens is 324 g/mol. The van der Waals surface area contributed by atoms with Gasteiger partial charge in [0.2, 0.25) is 0 Å². The van der Waals surface area contributed by atoms with E-state index in [0.717, 1.165) is 38.5 Å². The summed E-state index contributed by atoms with van der Waals surface area (Å²) in [7, 11) is 0. The smallest absolute Gasteiger partial charge is 0.155 e. The van der Waals surface area contributed by atoms with Gasteiger partial charge in [0.15, 0.2) is 5.78 Å². The standard InChI is InChI=1S/C23H32O3/c1-15-13-16-14-17(25)5-6-18(16)19-7-10-22(2)20(21(15)19)8-11-23(22,26)9-3-4-12-24/h14-15,18-21,24,26H,4-8,10-13H2,1-2H3/t15-,18?,19?,20?,21?,22+,23+/m1/s1. The number of hydrogen-bond acceptors (Lipinski definition) is 3. The Balaban J connectivity index is 1.64. The molecule has 0 aromatic carbocycles. The van der Waals surface area contributed by atoms with E-state index in [0.29, 0.717) is 48.2 Å². The Kier molecular flexibility index (Phi) is 4.56. The van der Waals surface area contributed by atoms with Gasteiger partial charge in [-0.1, -0.05) is 31.3 Å². The van der Waals surface area contributed by atoms with Crippen LogP contribution < -0.4 is 0 Å². The molecule has 2 N–H and O–H groups in total. The molecule has 0 aromatic heterocycles. The third-order valence-corrected chi connectivity index (χ3v) is 8.32. The third-order valence-electron chi connectivity index (χ3n) is 8.32. The quantitative estimate of drug-likeness (QED) is 0.707. The number of aliphatic hydroxyl groups is 2. The van der Waals surface area contributed by atoms with Gasteiger partial charge in [-0.05, 0) is 74.2 Å². The summed E-state index contributed by atoms with van der Waals surface area (Å²) >= 11 is 0. The lowest BCUT2D eigenvalue weighted by Gasteiger charge is -2.56. The van der Waals surface area contributed by atoms with Crippen molar-refractivity contribution < 1.29 is 15.0 Å². The predicted octanol–water partition coefficient (Wildman–Crippen LogP) is 3.49. The molecule has 3 heteroatoms. The first-order chi connectivity index (χ1) is 12.4. The minimum atomic E-state index is -0.907. The number of hydrogen-bond donors (Lipinski definition) is 2. The Labute approximate surface area is 157 Å². The summed E-state index contributed by atoms with van der Waals surface area (Å²) in [4.78, 5) is 11.9. The first-order valence-electron chi connectivity index (χ1n) is 10.5. The minimum Gasteiger partial charge on any atom is -0.395 e. The van der Waals surface area contributed by atoms with Gasteiger partial charge in [-0.15, -0.1) is 0 Å². The van der Waals surface area contributed by atoms with E-state index < -0.39 is 5.60 Å². The summed E-state index contributed by atoms with van der Waals surface area (Å²) in [5, 5.41) is 20.4. The number of carbonyl (C=O) groups excluding carboxylic acids is 1. The van der Waals surface area contributed by atoms with Crippen molar-refractivity contribution in [3.63, 3.8) is 0 Å². The van der Waals surface area contributed by atoms with Crippen LogP contribution in [0.25, 0.3) is 0 Å². The van der Waals surface area contributed by atoms with Crippen LogP contribution in [0.5, 0.6) is 0 Å². The van der Waals surface area contributed by atoms with Crippen molar-refractivity contribution in [3.8, 4) is 11.8 Å². The van der Waals surface area contributed by atoms with E-state index in [2.05, 4.69) is 25.7 Å². The Morgan fingerprint density at radius 1 is 1.27 bits per heavy atom. The Morgan fingerprint density at radius 2 is 2.08 bits per heavy atom. The van der Waals surface area contributed by atoms with Crippen molar-refractivity contribution in [1.29, 1.82) is 0 Å². The average molecular weight is 357 g/mol. The second-order valence-electron chi connectivity index (χ2n) is 9.49. The molecule has 4 aliphatic rings. The largest absolute Gasteiger partial charge is 0.395 e. The molecule has 3 fully saturated rings. The fraction of sp³-hybridized carbons (Fsp3) is 0.783. The fourth-order valence-electron chi connectivity index (χ4n) is 7.08. The average Bonchev–Trinajstić information content (AvgIpc) is 2.86. The topological polar surface area (TPSA) is 57.5 Å². The van der Waals surface area contributed by atoms with E-state index in [1.807, 2.05) is 6.08 Å². The van der Waals surface area contributed by atoms with Crippen molar-refractivity contribution >= 4 is 5.78 Å².